The second kappa shape index (κ2) is 6.71. The number of aryl methyl sites for hydroxylation is 1. The summed E-state index contributed by atoms with van der Waals surface area (Å²) in [5, 5.41) is 3.54. The van der Waals surface area contributed by atoms with Gasteiger partial charge in [-0.1, -0.05) is 46.6 Å². The zero-order chi connectivity index (χ0) is 14.7. The van der Waals surface area contributed by atoms with Crippen LogP contribution in [0.4, 0.5) is 4.39 Å². The topological polar surface area (TPSA) is 12.0 Å². The van der Waals surface area contributed by atoms with E-state index in [2.05, 4.69) is 45.5 Å². The van der Waals surface area contributed by atoms with Gasteiger partial charge in [0.2, 0.25) is 0 Å². The van der Waals surface area contributed by atoms with Crippen LogP contribution < -0.4 is 5.32 Å². The van der Waals surface area contributed by atoms with Gasteiger partial charge in [0.15, 0.2) is 0 Å². The molecule has 0 saturated carbocycles. The molecule has 0 fully saturated rings. The third kappa shape index (κ3) is 3.53. The van der Waals surface area contributed by atoms with Crippen molar-refractivity contribution in [2.24, 2.45) is 0 Å². The van der Waals surface area contributed by atoms with E-state index in [1.165, 1.54) is 30.0 Å². The second-order valence-electron chi connectivity index (χ2n) is 5.61. The molecule has 1 N–H and O–H groups in total. The van der Waals surface area contributed by atoms with Crippen molar-refractivity contribution in [3.63, 3.8) is 0 Å². The molecule has 0 saturated heterocycles. The van der Waals surface area contributed by atoms with Gasteiger partial charge in [-0.2, -0.15) is 0 Å². The molecule has 0 aromatic heterocycles. The van der Waals surface area contributed by atoms with Crippen LogP contribution >= 0.6 is 15.9 Å². The van der Waals surface area contributed by atoms with E-state index < -0.39 is 0 Å². The highest BCUT2D eigenvalue weighted by Gasteiger charge is 2.18. The summed E-state index contributed by atoms with van der Waals surface area (Å²) in [5.74, 6) is -0.146. The van der Waals surface area contributed by atoms with Gasteiger partial charge < -0.3 is 5.32 Å². The van der Waals surface area contributed by atoms with Gasteiger partial charge in [0.25, 0.3) is 0 Å². The van der Waals surface area contributed by atoms with Crippen LogP contribution in [0.5, 0.6) is 0 Å². The average Bonchev–Trinajstić information content (AvgIpc) is 2.70. The molecule has 0 spiro atoms. The summed E-state index contributed by atoms with van der Waals surface area (Å²) < 4.78 is 14.8. The first-order valence-corrected chi connectivity index (χ1v) is 8.28. The van der Waals surface area contributed by atoms with Crippen molar-refractivity contribution in [3.05, 3.63) is 69.4 Å². The summed E-state index contributed by atoms with van der Waals surface area (Å²) in [5.41, 5.74) is 3.53. The lowest BCUT2D eigenvalue weighted by Gasteiger charge is -2.19. The maximum absolute atomic E-state index is 13.8. The van der Waals surface area contributed by atoms with Crippen molar-refractivity contribution >= 4 is 15.9 Å². The van der Waals surface area contributed by atoms with Gasteiger partial charge in [0, 0.05) is 22.6 Å². The van der Waals surface area contributed by atoms with Gasteiger partial charge in [-0.05, 0) is 48.6 Å². The lowest BCUT2D eigenvalue weighted by atomic mass is 9.99. The van der Waals surface area contributed by atoms with Crippen LogP contribution in [0.15, 0.2) is 46.9 Å². The lowest BCUT2D eigenvalue weighted by Crippen LogP contribution is -2.21. The molecule has 1 aliphatic carbocycles. The van der Waals surface area contributed by atoms with Gasteiger partial charge >= 0.3 is 0 Å². The van der Waals surface area contributed by atoms with Crippen LogP contribution in [0.1, 0.15) is 42.0 Å². The third-order valence-corrected chi connectivity index (χ3v) is 4.66. The fourth-order valence-electron chi connectivity index (χ4n) is 3.05. The van der Waals surface area contributed by atoms with Gasteiger partial charge in [-0.15, -0.1) is 0 Å². The Morgan fingerprint density at radius 2 is 2.00 bits per heavy atom. The molecule has 3 heteroatoms. The normalized spacial score (nSPS) is 18.1. The number of fused-ring (bicyclic) bond motifs is 1. The minimum atomic E-state index is -0.146. The predicted octanol–water partition coefficient (Wildman–Crippen LogP) is 5.15. The molecule has 0 bridgehead atoms. The van der Waals surface area contributed by atoms with E-state index >= 15 is 0 Å². The molecule has 1 aliphatic rings. The van der Waals surface area contributed by atoms with Crippen LogP contribution in [0, 0.1) is 5.82 Å². The van der Waals surface area contributed by atoms with Crippen molar-refractivity contribution in [1.82, 2.24) is 5.32 Å². The molecule has 21 heavy (non-hydrogen) atoms. The van der Waals surface area contributed by atoms with Crippen LogP contribution in [0.25, 0.3) is 0 Å². The summed E-state index contributed by atoms with van der Waals surface area (Å²) in [6, 6.07) is 14.0. The van der Waals surface area contributed by atoms with E-state index in [4.69, 9.17) is 0 Å². The molecule has 2 aromatic rings. The van der Waals surface area contributed by atoms with E-state index in [-0.39, 0.29) is 5.82 Å². The van der Waals surface area contributed by atoms with Crippen molar-refractivity contribution < 1.29 is 4.39 Å². The smallest absolute Gasteiger partial charge is 0.127 e. The minimum absolute atomic E-state index is 0.146. The molecule has 2 aromatic carbocycles. The van der Waals surface area contributed by atoms with Crippen molar-refractivity contribution in [3.8, 4) is 0 Å². The number of hydrogen-bond acceptors (Lipinski definition) is 1. The maximum atomic E-state index is 13.8. The first-order valence-electron chi connectivity index (χ1n) is 7.49. The Morgan fingerprint density at radius 3 is 2.90 bits per heavy atom. The van der Waals surface area contributed by atoms with Crippen LogP contribution in [-0.2, 0) is 13.0 Å². The fourth-order valence-corrected chi connectivity index (χ4v) is 3.45. The van der Waals surface area contributed by atoms with Crippen molar-refractivity contribution in [1.29, 1.82) is 0 Å². The molecule has 1 atom stereocenters. The number of rotatable bonds is 3. The summed E-state index contributed by atoms with van der Waals surface area (Å²) in [6.45, 7) is 0.560. The zero-order valence-corrected chi connectivity index (χ0v) is 13.5. The predicted molar refractivity (Wildman–Crippen MR) is 87.7 cm³/mol. The van der Waals surface area contributed by atoms with E-state index in [0.717, 1.165) is 17.3 Å². The Hall–Kier alpha value is -1.19. The number of halogens is 2. The maximum Gasteiger partial charge on any atom is 0.127 e. The van der Waals surface area contributed by atoms with Gasteiger partial charge in [-0.3, -0.25) is 0 Å². The van der Waals surface area contributed by atoms with Crippen molar-refractivity contribution in [2.45, 2.75) is 38.3 Å². The number of hydrogen-bond donors (Lipinski definition) is 1. The van der Waals surface area contributed by atoms with Crippen molar-refractivity contribution in [2.75, 3.05) is 0 Å². The molecule has 0 radical (unpaired) electrons. The van der Waals surface area contributed by atoms with Gasteiger partial charge in [0.05, 0.1) is 0 Å². The first kappa shape index (κ1) is 14.7. The molecule has 110 valence electrons. The highest BCUT2D eigenvalue weighted by Crippen LogP contribution is 2.29. The lowest BCUT2D eigenvalue weighted by molar-refractivity contribution is 0.479. The molecular formula is C18H19BrFN. The van der Waals surface area contributed by atoms with Crippen LogP contribution in [0.3, 0.4) is 0 Å². The molecule has 1 nitrogen and oxygen atoms in total. The highest BCUT2D eigenvalue weighted by atomic mass is 79.9. The van der Waals surface area contributed by atoms with E-state index in [9.17, 15) is 4.39 Å². The quantitative estimate of drug-likeness (QED) is 0.757. The molecule has 0 aliphatic heterocycles. The molecule has 3 rings (SSSR count). The first-order chi connectivity index (χ1) is 10.2. The van der Waals surface area contributed by atoms with E-state index in [1.54, 1.807) is 6.07 Å². The Bertz CT molecular complexity index is 626. The largest absolute Gasteiger partial charge is 0.306 e. The third-order valence-electron chi connectivity index (χ3n) is 4.17. The summed E-state index contributed by atoms with van der Waals surface area (Å²) in [6.07, 6.45) is 4.72. The van der Waals surface area contributed by atoms with Gasteiger partial charge in [-0.25, -0.2) is 4.39 Å². The van der Waals surface area contributed by atoms with E-state index in [1.807, 2.05) is 6.07 Å². The van der Waals surface area contributed by atoms with Crippen LogP contribution in [-0.4, -0.2) is 0 Å². The summed E-state index contributed by atoms with van der Waals surface area (Å²) >= 11 is 3.41. The minimum Gasteiger partial charge on any atom is -0.306 e. The Morgan fingerprint density at radius 1 is 1.14 bits per heavy atom. The average molecular weight is 348 g/mol. The Balaban J connectivity index is 1.77. The number of nitrogens with one attached hydrogen (secondary N) is 1. The Labute approximate surface area is 133 Å². The monoisotopic (exact) mass is 347 g/mol. The highest BCUT2D eigenvalue weighted by molar-refractivity contribution is 9.10. The number of benzene rings is 2. The van der Waals surface area contributed by atoms with E-state index in [0.29, 0.717) is 18.2 Å². The standard InChI is InChI=1S/C18H19BrFN/c19-15-9-10-17(20)14(11-15)12-21-18-8-4-2-6-13-5-1-3-7-16(13)18/h1,3,5,7,9-11,18,21H,2,4,6,8,12H2. The summed E-state index contributed by atoms with van der Waals surface area (Å²) in [7, 11) is 0. The summed E-state index contributed by atoms with van der Waals surface area (Å²) in [4.78, 5) is 0. The van der Waals surface area contributed by atoms with Gasteiger partial charge in [0.1, 0.15) is 5.82 Å². The SMILES string of the molecule is Fc1ccc(Br)cc1CNC1CCCCc2ccccc21. The van der Waals surface area contributed by atoms with Crippen LogP contribution in [0.2, 0.25) is 0 Å². The molecule has 1 unspecified atom stereocenters. The zero-order valence-electron chi connectivity index (χ0n) is 11.9. The second-order valence-corrected chi connectivity index (χ2v) is 6.53. The molecular weight excluding hydrogens is 329 g/mol. The molecule has 0 amide bonds. The Kier molecular flexibility index (Phi) is 4.71. The fraction of sp³-hybridized carbons (Fsp3) is 0.333. The molecule has 0 heterocycles.